The normalized spacial score (nSPS) is 16.6. The van der Waals surface area contributed by atoms with Gasteiger partial charge in [-0.25, -0.2) is 4.79 Å². The molecule has 1 aromatic heterocycles. The summed E-state index contributed by atoms with van der Waals surface area (Å²) in [6.07, 6.45) is 3.13. The van der Waals surface area contributed by atoms with E-state index in [9.17, 15) is 4.79 Å². The van der Waals surface area contributed by atoms with Crippen molar-refractivity contribution >= 4 is 17.7 Å². The molecule has 0 spiro atoms. The first-order valence-electron chi connectivity index (χ1n) is 12.7. The fourth-order valence-electron chi connectivity index (χ4n) is 4.75. The summed E-state index contributed by atoms with van der Waals surface area (Å²) in [6.45, 7) is 22.4. The standard InChI is InChI=1S/C30H42N2O3/c1-10-22-12-14-23(15-13-22)24-20(3)31-21(4)25(26(24)32-18-16-30(8,9)17-19-32)27(28(33)34-11-2)35-29(5,6)7/h10,12-15,27H,1,11,16-19H2,2-9H3/t27-/m0/s1. The zero-order valence-electron chi connectivity index (χ0n) is 22.8. The van der Waals surface area contributed by atoms with Gasteiger partial charge in [0.25, 0.3) is 0 Å². The van der Waals surface area contributed by atoms with Crippen LogP contribution < -0.4 is 4.90 Å². The molecule has 1 saturated heterocycles. The van der Waals surface area contributed by atoms with E-state index in [-0.39, 0.29) is 5.97 Å². The van der Waals surface area contributed by atoms with Gasteiger partial charge in [0.1, 0.15) is 0 Å². The fraction of sp³-hybridized carbons (Fsp3) is 0.533. The van der Waals surface area contributed by atoms with Gasteiger partial charge >= 0.3 is 5.97 Å². The lowest BCUT2D eigenvalue weighted by atomic mass is 9.81. The minimum atomic E-state index is -0.862. The third-order valence-electron chi connectivity index (χ3n) is 6.68. The molecule has 1 aliphatic rings. The van der Waals surface area contributed by atoms with Gasteiger partial charge in [0, 0.05) is 35.6 Å². The number of hydrogen-bond acceptors (Lipinski definition) is 5. The predicted octanol–water partition coefficient (Wildman–Crippen LogP) is 7.05. The molecule has 0 bridgehead atoms. The smallest absolute Gasteiger partial charge is 0.340 e. The number of benzene rings is 1. The number of carbonyl (C=O) groups is 1. The molecule has 0 N–H and O–H groups in total. The number of ether oxygens (including phenoxy) is 2. The molecular weight excluding hydrogens is 436 g/mol. The predicted molar refractivity (Wildman–Crippen MR) is 145 cm³/mol. The summed E-state index contributed by atoms with van der Waals surface area (Å²) in [5.74, 6) is -0.372. The second kappa shape index (κ2) is 10.5. The van der Waals surface area contributed by atoms with E-state index in [4.69, 9.17) is 14.5 Å². The topological polar surface area (TPSA) is 51.7 Å². The summed E-state index contributed by atoms with van der Waals surface area (Å²) in [5.41, 5.74) is 6.53. The number of pyridine rings is 1. The number of piperidine rings is 1. The number of carbonyl (C=O) groups excluding carboxylic acids is 1. The van der Waals surface area contributed by atoms with Crippen LogP contribution in [0.5, 0.6) is 0 Å². The van der Waals surface area contributed by atoms with Crippen molar-refractivity contribution in [3.8, 4) is 11.1 Å². The summed E-state index contributed by atoms with van der Waals surface area (Å²) in [4.78, 5) is 20.7. The summed E-state index contributed by atoms with van der Waals surface area (Å²) in [6, 6.07) is 8.36. The van der Waals surface area contributed by atoms with Crippen molar-refractivity contribution in [3.05, 3.63) is 53.4 Å². The van der Waals surface area contributed by atoms with Crippen molar-refractivity contribution in [2.75, 3.05) is 24.6 Å². The maximum Gasteiger partial charge on any atom is 0.340 e. The maximum absolute atomic E-state index is 13.3. The summed E-state index contributed by atoms with van der Waals surface area (Å²) < 4.78 is 11.9. The van der Waals surface area contributed by atoms with Crippen LogP contribution in [0.2, 0.25) is 0 Å². The highest BCUT2D eigenvalue weighted by Crippen LogP contribution is 2.45. The quantitative estimate of drug-likeness (QED) is 0.399. The van der Waals surface area contributed by atoms with Gasteiger partial charge in [-0.2, -0.15) is 0 Å². The Hall–Kier alpha value is -2.66. The number of nitrogens with zero attached hydrogens (tertiary/aromatic N) is 2. The van der Waals surface area contributed by atoms with Crippen molar-refractivity contribution < 1.29 is 14.3 Å². The second-order valence-corrected chi connectivity index (χ2v) is 11.3. The SMILES string of the molecule is C=Cc1ccc(-c2c(C)nc(C)c([C@H](OC(C)(C)C)C(=O)OCC)c2N2CCC(C)(C)CC2)cc1. The number of rotatable bonds is 7. The molecule has 1 atom stereocenters. The van der Waals surface area contributed by atoms with Crippen molar-refractivity contribution in [2.24, 2.45) is 5.41 Å². The first-order chi connectivity index (χ1) is 16.4. The molecule has 1 fully saturated rings. The largest absolute Gasteiger partial charge is 0.464 e. The lowest BCUT2D eigenvalue weighted by Gasteiger charge is -2.41. The van der Waals surface area contributed by atoms with E-state index in [2.05, 4.69) is 56.5 Å². The van der Waals surface area contributed by atoms with E-state index < -0.39 is 11.7 Å². The van der Waals surface area contributed by atoms with Gasteiger partial charge in [-0.05, 0) is 70.9 Å². The van der Waals surface area contributed by atoms with Crippen LogP contribution in [0.15, 0.2) is 30.8 Å². The molecule has 2 aromatic rings. The minimum absolute atomic E-state index is 0.294. The van der Waals surface area contributed by atoms with E-state index in [1.54, 1.807) is 0 Å². The van der Waals surface area contributed by atoms with Crippen LogP contribution in [0.25, 0.3) is 17.2 Å². The molecule has 2 heterocycles. The minimum Gasteiger partial charge on any atom is -0.464 e. The maximum atomic E-state index is 13.3. The number of aryl methyl sites for hydroxylation is 2. The molecule has 1 aromatic carbocycles. The Labute approximate surface area is 211 Å². The summed E-state index contributed by atoms with van der Waals surface area (Å²) in [7, 11) is 0. The summed E-state index contributed by atoms with van der Waals surface area (Å²) in [5, 5.41) is 0. The van der Waals surface area contributed by atoms with Crippen molar-refractivity contribution in [1.29, 1.82) is 0 Å². The molecular formula is C30H42N2O3. The zero-order valence-corrected chi connectivity index (χ0v) is 22.8. The molecule has 0 radical (unpaired) electrons. The van der Waals surface area contributed by atoms with Gasteiger partial charge in [0.15, 0.2) is 6.10 Å². The molecule has 0 unspecified atom stereocenters. The average molecular weight is 479 g/mol. The molecule has 5 heteroatoms. The number of aromatic nitrogens is 1. The fourth-order valence-corrected chi connectivity index (χ4v) is 4.75. The molecule has 1 aliphatic heterocycles. The van der Waals surface area contributed by atoms with E-state index in [0.717, 1.165) is 65.3 Å². The monoisotopic (exact) mass is 478 g/mol. The number of hydrogen-bond donors (Lipinski definition) is 0. The van der Waals surface area contributed by atoms with Gasteiger partial charge in [-0.15, -0.1) is 0 Å². The molecule has 0 saturated carbocycles. The van der Waals surface area contributed by atoms with Gasteiger partial charge < -0.3 is 14.4 Å². The Bertz CT molecular complexity index is 1050. The first-order valence-corrected chi connectivity index (χ1v) is 12.7. The second-order valence-electron chi connectivity index (χ2n) is 11.3. The van der Waals surface area contributed by atoms with E-state index in [1.807, 2.05) is 40.7 Å². The third kappa shape index (κ3) is 6.32. The van der Waals surface area contributed by atoms with Gasteiger partial charge in [0.05, 0.1) is 17.9 Å². The van der Waals surface area contributed by atoms with E-state index in [1.165, 1.54) is 0 Å². The molecule has 0 amide bonds. The number of esters is 1. The Morgan fingerprint density at radius 3 is 2.26 bits per heavy atom. The van der Waals surface area contributed by atoms with Crippen LogP contribution in [-0.2, 0) is 14.3 Å². The highest BCUT2D eigenvalue weighted by molar-refractivity contribution is 5.88. The first kappa shape index (κ1) is 26.9. The highest BCUT2D eigenvalue weighted by Gasteiger charge is 2.37. The van der Waals surface area contributed by atoms with Crippen LogP contribution >= 0.6 is 0 Å². The van der Waals surface area contributed by atoms with Gasteiger partial charge in [0.2, 0.25) is 0 Å². The van der Waals surface area contributed by atoms with Crippen LogP contribution in [0, 0.1) is 19.3 Å². The lowest BCUT2D eigenvalue weighted by molar-refractivity contribution is -0.166. The van der Waals surface area contributed by atoms with Crippen LogP contribution in [-0.4, -0.2) is 36.3 Å². The third-order valence-corrected chi connectivity index (χ3v) is 6.68. The average Bonchev–Trinajstić information content (AvgIpc) is 2.77. The van der Waals surface area contributed by atoms with Crippen LogP contribution in [0.4, 0.5) is 5.69 Å². The lowest BCUT2D eigenvalue weighted by Crippen LogP contribution is -2.39. The summed E-state index contributed by atoms with van der Waals surface area (Å²) >= 11 is 0. The number of anilines is 1. The Morgan fingerprint density at radius 2 is 1.74 bits per heavy atom. The van der Waals surface area contributed by atoms with Crippen LogP contribution in [0.3, 0.4) is 0 Å². The van der Waals surface area contributed by atoms with Gasteiger partial charge in [-0.1, -0.05) is 50.8 Å². The Kier molecular flexibility index (Phi) is 8.10. The van der Waals surface area contributed by atoms with E-state index >= 15 is 0 Å². The van der Waals surface area contributed by atoms with Gasteiger partial charge in [-0.3, -0.25) is 4.98 Å². The molecule has 190 valence electrons. The van der Waals surface area contributed by atoms with Crippen molar-refractivity contribution in [3.63, 3.8) is 0 Å². The Balaban J connectivity index is 2.30. The molecule has 0 aliphatic carbocycles. The van der Waals surface area contributed by atoms with Crippen molar-refractivity contribution in [1.82, 2.24) is 4.98 Å². The zero-order chi connectivity index (χ0) is 26.0. The van der Waals surface area contributed by atoms with Crippen molar-refractivity contribution in [2.45, 2.75) is 79.9 Å². The molecule has 5 nitrogen and oxygen atoms in total. The van der Waals surface area contributed by atoms with Crippen LogP contribution in [0.1, 0.15) is 83.0 Å². The van der Waals surface area contributed by atoms with E-state index in [0.29, 0.717) is 12.0 Å². The Morgan fingerprint density at radius 1 is 1.14 bits per heavy atom. The highest BCUT2D eigenvalue weighted by atomic mass is 16.6. The molecule has 35 heavy (non-hydrogen) atoms. The molecule has 3 rings (SSSR count).